The number of carbonyl (C=O) groups excluding carboxylic acids is 1. The fourth-order valence-corrected chi connectivity index (χ4v) is 3.37. The van der Waals surface area contributed by atoms with E-state index in [1.165, 1.54) is 4.68 Å². The first-order valence-electron chi connectivity index (χ1n) is 7.30. The maximum Gasteiger partial charge on any atom is 0.291 e. The SMILES string of the molecule is CCCNC(=O)C(C)n1nc(C)n2c(cc3sccc32)c1=O. The molecule has 0 radical (unpaired) electrons. The molecule has 0 aliphatic carbocycles. The number of hydrogen-bond acceptors (Lipinski definition) is 4. The highest BCUT2D eigenvalue weighted by Crippen LogP contribution is 2.24. The monoisotopic (exact) mass is 318 g/mol. The van der Waals surface area contributed by atoms with Gasteiger partial charge < -0.3 is 5.32 Å². The summed E-state index contributed by atoms with van der Waals surface area (Å²) in [5.41, 5.74) is 1.30. The topological polar surface area (TPSA) is 68.4 Å². The van der Waals surface area contributed by atoms with E-state index in [-0.39, 0.29) is 11.5 Å². The molecule has 116 valence electrons. The van der Waals surface area contributed by atoms with Crippen molar-refractivity contribution in [1.29, 1.82) is 0 Å². The van der Waals surface area contributed by atoms with Gasteiger partial charge in [-0.2, -0.15) is 5.10 Å². The molecule has 3 heterocycles. The van der Waals surface area contributed by atoms with E-state index in [9.17, 15) is 9.59 Å². The largest absolute Gasteiger partial charge is 0.354 e. The van der Waals surface area contributed by atoms with E-state index in [1.807, 2.05) is 35.8 Å². The van der Waals surface area contributed by atoms with Gasteiger partial charge in [-0.1, -0.05) is 6.92 Å². The van der Waals surface area contributed by atoms with E-state index in [0.29, 0.717) is 17.9 Å². The lowest BCUT2D eigenvalue weighted by molar-refractivity contribution is -0.124. The number of thiophene rings is 1. The number of hydrogen-bond donors (Lipinski definition) is 1. The number of fused-ring (bicyclic) bond motifs is 3. The lowest BCUT2D eigenvalue weighted by Crippen LogP contribution is -2.38. The normalized spacial score (nSPS) is 12.9. The highest BCUT2D eigenvalue weighted by Gasteiger charge is 2.20. The summed E-state index contributed by atoms with van der Waals surface area (Å²) in [6.45, 7) is 6.12. The predicted octanol–water partition coefficient (Wildman–Crippen LogP) is 2.11. The van der Waals surface area contributed by atoms with Gasteiger partial charge in [0.15, 0.2) is 0 Å². The van der Waals surface area contributed by atoms with Crippen LogP contribution in [0.1, 0.15) is 32.1 Å². The van der Waals surface area contributed by atoms with Crippen LogP contribution >= 0.6 is 11.3 Å². The second kappa shape index (κ2) is 5.57. The van der Waals surface area contributed by atoms with E-state index in [2.05, 4.69) is 10.4 Å². The van der Waals surface area contributed by atoms with E-state index >= 15 is 0 Å². The third kappa shape index (κ3) is 2.21. The molecular weight excluding hydrogens is 300 g/mol. The molecular formula is C15H18N4O2S. The molecule has 3 aromatic rings. The first-order valence-corrected chi connectivity index (χ1v) is 8.18. The maximum atomic E-state index is 12.7. The fourth-order valence-electron chi connectivity index (χ4n) is 2.56. The quantitative estimate of drug-likeness (QED) is 0.801. The summed E-state index contributed by atoms with van der Waals surface area (Å²) >= 11 is 1.59. The van der Waals surface area contributed by atoms with Gasteiger partial charge in [0.05, 0.1) is 10.2 Å². The average molecular weight is 318 g/mol. The minimum atomic E-state index is -0.629. The molecule has 22 heavy (non-hydrogen) atoms. The molecule has 1 N–H and O–H groups in total. The molecule has 6 nitrogen and oxygen atoms in total. The van der Waals surface area contributed by atoms with Crippen LogP contribution in [0.2, 0.25) is 0 Å². The standard InChI is InChI=1S/C15H18N4O2S/c1-4-6-16-14(20)9(2)19-15(21)12-8-13-11(5-7-22-13)18(12)10(3)17-19/h5,7-9H,4,6H2,1-3H3,(H,16,20). The van der Waals surface area contributed by atoms with Crippen LogP contribution in [0, 0.1) is 6.92 Å². The van der Waals surface area contributed by atoms with E-state index in [0.717, 1.165) is 16.6 Å². The third-order valence-corrected chi connectivity index (χ3v) is 4.57. The summed E-state index contributed by atoms with van der Waals surface area (Å²) < 4.78 is 4.17. The van der Waals surface area contributed by atoms with Crippen molar-refractivity contribution in [3.05, 3.63) is 33.7 Å². The summed E-state index contributed by atoms with van der Waals surface area (Å²) in [6.07, 6.45) is 0.855. The van der Waals surface area contributed by atoms with Gasteiger partial charge in [0.25, 0.3) is 5.56 Å². The predicted molar refractivity (Wildman–Crippen MR) is 87.6 cm³/mol. The van der Waals surface area contributed by atoms with E-state index in [4.69, 9.17) is 0 Å². The van der Waals surface area contributed by atoms with Crippen LogP contribution in [0.4, 0.5) is 0 Å². The van der Waals surface area contributed by atoms with Gasteiger partial charge in [0, 0.05) is 6.54 Å². The molecule has 1 atom stereocenters. The van der Waals surface area contributed by atoms with Crippen LogP contribution in [0.5, 0.6) is 0 Å². The molecule has 0 aromatic carbocycles. The number of carbonyl (C=O) groups is 1. The molecule has 0 aliphatic rings. The Morgan fingerprint density at radius 3 is 2.95 bits per heavy atom. The van der Waals surface area contributed by atoms with Gasteiger partial charge in [-0.05, 0) is 37.8 Å². The zero-order chi connectivity index (χ0) is 15.9. The van der Waals surface area contributed by atoms with Gasteiger partial charge in [-0.3, -0.25) is 14.0 Å². The lowest BCUT2D eigenvalue weighted by atomic mass is 10.3. The minimum absolute atomic E-state index is 0.187. The van der Waals surface area contributed by atoms with Crippen molar-refractivity contribution in [2.45, 2.75) is 33.2 Å². The number of rotatable bonds is 4. The Morgan fingerprint density at radius 1 is 1.45 bits per heavy atom. The zero-order valence-corrected chi connectivity index (χ0v) is 13.6. The van der Waals surface area contributed by atoms with Crippen molar-refractivity contribution in [3.63, 3.8) is 0 Å². The molecule has 1 unspecified atom stereocenters. The zero-order valence-electron chi connectivity index (χ0n) is 12.8. The number of aromatic nitrogens is 3. The van der Waals surface area contributed by atoms with Crippen LogP contribution in [0.15, 0.2) is 22.3 Å². The van der Waals surface area contributed by atoms with Gasteiger partial charge in [0.2, 0.25) is 5.91 Å². The van der Waals surface area contributed by atoms with Gasteiger partial charge >= 0.3 is 0 Å². The molecule has 0 aliphatic heterocycles. The molecule has 0 fully saturated rings. The fraction of sp³-hybridized carbons (Fsp3) is 0.400. The first-order chi connectivity index (χ1) is 10.5. The van der Waals surface area contributed by atoms with Crippen LogP contribution in [0.3, 0.4) is 0 Å². The maximum absolute atomic E-state index is 12.7. The highest BCUT2D eigenvalue weighted by atomic mass is 32.1. The number of nitrogens with zero attached hydrogens (tertiary/aromatic N) is 3. The third-order valence-electron chi connectivity index (χ3n) is 3.72. The Labute approximate surface area is 131 Å². The molecule has 1 amide bonds. The van der Waals surface area contributed by atoms with Gasteiger partial charge in [-0.25, -0.2) is 4.68 Å². The number of nitrogens with one attached hydrogen (secondary N) is 1. The van der Waals surface area contributed by atoms with Crippen molar-refractivity contribution in [2.24, 2.45) is 0 Å². The van der Waals surface area contributed by atoms with Gasteiger partial charge in [-0.15, -0.1) is 11.3 Å². The molecule has 3 aromatic heterocycles. The van der Waals surface area contributed by atoms with Crippen LogP contribution in [-0.2, 0) is 4.79 Å². The first kappa shape index (κ1) is 14.8. The highest BCUT2D eigenvalue weighted by molar-refractivity contribution is 7.17. The summed E-state index contributed by atoms with van der Waals surface area (Å²) in [5, 5.41) is 9.14. The van der Waals surface area contributed by atoms with Crippen molar-refractivity contribution in [3.8, 4) is 0 Å². The second-order valence-electron chi connectivity index (χ2n) is 5.30. The van der Waals surface area contributed by atoms with Crippen LogP contribution in [0.25, 0.3) is 15.7 Å². The van der Waals surface area contributed by atoms with Crippen LogP contribution < -0.4 is 10.9 Å². The second-order valence-corrected chi connectivity index (χ2v) is 6.25. The van der Waals surface area contributed by atoms with Crippen molar-refractivity contribution < 1.29 is 4.79 Å². The summed E-state index contributed by atoms with van der Waals surface area (Å²) in [4.78, 5) is 24.8. The molecule has 3 rings (SSSR count). The Balaban J connectivity index is 2.13. The Kier molecular flexibility index (Phi) is 3.74. The summed E-state index contributed by atoms with van der Waals surface area (Å²) in [6, 6.07) is 3.21. The average Bonchev–Trinajstić information content (AvgIpc) is 3.08. The van der Waals surface area contributed by atoms with Crippen LogP contribution in [-0.4, -0.2) is 26.6 Å². The van der Waals surface area contributed by atoms with Crippen molar-refractivity contribution in [1.82, 2.24) is 19.5 Å². The molecule has 0 saturated carbocycles. The molecule has 7 heteroatoms. The minimum Gasteiger partial charge on any atom is -0.354 e. The van der Waals surface area contributed by atoms with E-state index < -0.39 is 6.04 Å². The Bertz CT molecular complexity index is 905. The molecule has 0 bridgehead atoms. The number of aryl methyl sites for hydroxylation is 1. The lowest BCUT2D eigenvalue weighted by Gasteiger charge is -2.15. The Morgan fingerprint density at radius 2 is 2.23 bits per heavy atom. The smallest absolute Gasteiger partial charge is 0.291 e. The summed E-state index contributed by atoms with van der Waals surface area (Å²) in [7, 11) is 0. The van der Waals surface area contributed by atoms with Crippen molar-refractivity contribution in [2.75, 3.05) is 6.54 Å². The molecule has 0 spiro atoms. The van der Waals surface area contributed by atoms with Gasteiger partial charge in [0.1, 0.15) is 17.4 Å². The number of amides is 1. The van der Waals surface area contributed by atoms with Crippen molar-refractivity contribution >= 4 is 33.0 Å². The van der Waals surface area contributed by atoms with E-state index in [1.54, 1.807) is 18.3 Å². The Hall–Kier alpha value is -2.15. The summed E-state index contributed by atoms with van der Waals surface area (Å²) in [5.74, 6) is 0.506. The molecule has 0 saturated heterocycles.